The van der Waals surface area contributed by atoms with Crippen LogP contribution in [0.15, 0.2) is 24.3 Å². The molecule has 8 heteroatoms. The maximum atomic E-state index is 13.5. The number of esters is 1. The minimum Gasteiger partial charge on any atom is -0.463 e. The molecule has 5 nitrogen and oxygen atoms in total. The maximum Gasteiger partial charge on any atom is 0.441 e. The molecule has 0 aromatic heterocycles. The Bertz CT molecular complexity index is 561. The van der Waals surface area contributed by atoms with Gasteiger partial charge in [-0.2, -0.15) is 13.2 Å². The van der Waals surface area contributed by atoms with Crippen molar-refractivity contribution in [3.8, 4) is 0 Å². The number of hydrogen-bond donors (Lipinski definition) is 2. The van der Waals surface area contributed by atoms with Crippen LogP contribution >= 0.6 is 0 Å². The van der Waals surface area contributed by atoms with Gasteiger partial charge >= 0.3 is 17.8 Å². The molecule has 0 heterocycles. The summed E-state index contributed by atoms with van der Waals surface area (Å²) in [6.07, 6.45) is -5.10. The largest absolute Gasteiger partial charge is 0.463 e. The molecule has 2 N–H and O–H groups in total. The summed E-state index contributed by atoms with van der Waals surface area (Å²) in [7, 11) is 0. The molecule has 1 atom stereocenters. The van der Waals surface area contributed by atoms with E-state index in [1.807, 2.05) is 0 Å². The van der Waals surface area contributed by atoms with Gasteiger partial charge in [-0.1, -0.05) is 12.1 Å². The number of ether oxygens (including phenoxy) is 1. The number of benzene rings is 1. The zero-order chi connectivity index (χ0) is 17.0. The molecular weight excluding hydrogens is 301 g/mol. The first-order valence-corrected chi connectivity index (χ1v) is 6.50. The third kappa shape index (κ3) is 3.90. The summed E-state index contributed by atoms with van der Waals surface area (Å²) in [5.41, 5.74) is -2.63. The van der Waals surface area contributed by atoms with Gasteiger partial charge in [0.15, 0.2) is 0 Å². The van der Waals surface area contributed by atoms with Crippen molar-refractivity contribution in [2.45, 2.75) is 32.6 Å². The van der Waals surface area contributed by atoms with Crippen molar-refractivity contribution in [2.24, 2.45) is 0 Å². The number of halogens is 3. The van der Waals surface area contributed by atoms with Crippen molar-refractivity contribution in [1.82, 2.24) is 5.32 Å². The molecule has 22 heavy (non-hydrogen) atoms. The number of aryl methyl sites for hydroxylation is 1. The molecule has 0 aliphatic heterocycles. The summed E-state index contributed by atoms with van der Waals surface area (Å²) >= 11 is 0. The van der Waals surface area contributed by atoms with Gasteiger partial charge in [-0.05, 0) is 31.5 Å². The number of hydrogen-bond acceptors (Lipinski definition) is 4. The Morgan fingerprint density at radius 1 is 1.27 bits per heavy atom. The molecule has 122 valence electrons. The van der Waals surface area contributed by atoms with Crippen molar-refractivity contribution in [3.05, 3.63) is 29.8 Å². The second-order valence-corrected chi connectivity index (χ2v) is 4.64. The fraction of sp³-hybridized carbons (Fsp3) is 0.429. The van der Waals surface area contributed by atoms with E-state index < -0.39 is 23.7 Å². The Kier molecular flexibility index (Phi) is 5.40. The van der Waals surface area contributed by atoms with Gasteiger partial charge in [-0.15, -0.1) is 0 Å². The standard InChI is InChI=1S/C14H17F3N2O3/c1-4-22-12(21)13(14(15,16)17,18-10(3)20)19-11-7-5-6-9(2)8-11/h5-8,19H,4H2,1-3H3,(H,18,20). The zero-order valence-corrected chi connectivity index (χ0v) is 12.4. The lowest BCUT2D eigenvalue weighted by Gasteiger charge is -2.35. The highest BCUT2D eigenvalue weighted by Gasteiger charge is 2.63. The van der Waals surface area contributed by atoms with Crippen LogP contribution in [0.25, 0.3) is 0 Å². The summed E-state index contributed by atoms with van der Waals surface area (Å²) in [4.78, 5) is 23.1. The van der Waals surface area contributed by atoms with Gasteiger partial charge in [-0.3, -0.25) is 4.79 Å². The zero-order valence-electron chi connectivity index (χ0n) is 12.4. The molecule has 0 saturated heterocycles. The van der Waals surface area contributed by atoms with E-state index in [1.165, 1.54) is 25.1 Å². The molecular formula is C14H17F3N2O3. The lowest BCUT2D eigenvalue weighted by atomic mass is 10.1. The third-order valence-electron chi connectivity index (χ3n) is 2.72. The van der Waals surface area contributed by atoms with E-state index in [-0.39, 0.29) is 12.3 Å². The van der Waals surface area contributed by atoms with Gasteiger partial charge in [0.25, 0.3) is 0 Å². The number of carbonyl (C=O) groups excluding carboxylic acids is 2. The molecule has 0 fully saturated rings. The van der Waals surface area contributed by atoms with E-state index in [2.05, 4.69) is 10.1 Å². The molecule has 0 aliphatic rings. The van der Waals surface area contributed by atoms with E-state index in [9.17, 15) is 22.8 Å². The molecule has 1 aromatic rings. The van der Waals surface area contributed by atoms with Crippen molar-refractivity contribution < 1.29 is 27.5 Å². The van der Waals surface area contributed by atoms with Crippen LogP contribution in [0.4, 0.5) is 18.9 Å². The number of nitrogens with one attached hydrogen (secondary N) is 2. The van der Waals surface area contributed by atoms with Crippen molar-refractivity contribution in [1.29, 1.82) is 0 Å². The van der Waals surface area contributed by atoms with Gasteiger partial charge in [0, 0.05) is 12.6 Å². The molecule has 0 aliphatic carbocycles. The van der Waals surface area contributed by atoms with E-state index >= 15 is 0 Å². The summed E-state index contributed by atoms with van der Waals surface area (Å²) < 4.78 is 45.1. The molecule has 0 radical (unpaired) electrons. The first kappa shape index (κ1) is 17.8. The normalized spacial score (nSPS) is 13.9. The Labute approximate surface area is 125 Å². The van der Waals surface area contributed by atoms with Crippen molar-refractivity contribution >= 4 is 17.6 Å². The van der Waals surface area contributed by atoms with E-state index in [1.54, 1.807) is 18.3 Å². The van der Waals surface area contributed by atoms with Crippen LogP contribution in [-0.2, 0) is 14.3 Å². The predicted molar refractivity (Wildman–Crippen MR) is 74.0 cm³/mol. The average molecular weight is 318 g/mol. The van der Waals surface area contributed by atoms with Crippen LogP contribution in [0.2, 0.25) is 0 Å². The molecule has 0 bridgehead atoms. The fourth-order valence-corrected chi connectivity index (χ4v) is 1.83. The number of carbonyl (C=O) groups is 2. The van der Waals surface area contributed by atoms with Gasteiger partial charge < -0.3 is 15.4 Å². The summed E-state index contributed by atoms with van der Waals surface area (Å²) in [6.45, 7) is 3.69. The van der Waals surface area contributed by atoms with Gasteiger partial charge in [-0.25, -0.2) is 4.79 Å². The highest BCUT2D eigenvalue weighted by Crippen LogP contribution is 2.33. The SMILES string of the molecule is CCOC(=O)C(NC(C)=O)(Nc1cccc(C)c1)C(F)(F)F. The van der Waals surface area contributed by atoms with E-state index in [4.69, 9.17) is 0 Å². The molecule has 1 unspecified atom stereocenters. The number of anilines is 1. The lowest BCUT2D eigenvalue weighted by Crippen LogP contribution is -2.69. The third-order valence-corrected chi connectivity index (χ3v) is 2.72. The minimum absolute atomic E-state index is 0.0270. The Hall–Kier alpha value is -2.25. The number of alkyl halides is 3. The van der Waals surface area contributed by atoms with Crippen LogP contribution in [0, 0.1) is 6.92 Å². The van der Waals surface area contributed by atoms with Gasteiger partial charge in [0.05, 0.1) is 6.61 Å². The number of amides is 1. The van der Waals surface area contributed by atoms with E-state index in [0.717, 1.165) is 6.92 Å². The Morgan fingerprint density at radius 2 is 1.91 bits per heavy atom. The molecule has 0 saturated carbocycles. The second-order valence-electron chi connectivity index (χ2n) is 4.64. The highest BCUT2D eigenvalue weighted by atomic mass is 19.4. The van der Waals surface area contributed by atoms with Crippen LogP contribution < -0.4 is 10.6 Å². The van der Waals surface area contributed by atoms with E-state index in [0.29, 0.717) is 5.56 Å². The summed E-state index contributed by atoms with van der Waals surface area (Å²) in [6, 6.07) is 5.98. The minimum atomic E-state index is -5.10. The van der Waals surface area contributed by atoms with Crippen molar-refractivity contribution in [3.63, 3.8) is 0 Å². The maximum absolute atomic E-state index is 13.5. The highest BCUT2D eigenvalue weighted by molar-refractivity contribution is 5.90. The Morgan fingerprint density at radius 3 is 2.36 bits per heavy atom. The van der Waals surface area contributed by atoms with Crippen LogP contribution in [0.1, 0.15) is 19.4 Å². The predicted octanol–water partition coefficient (Wildman–Crippen LogP) is 2.36. The smallest absolute Gasteiger partial charge is 0.441 e. The number of rotatable bonds is 5. The van der Waals surface area contributed by atoms with Crippen LogP contribution in [-0.4, -0.2) is 30.3 Å². The first-order valence-electron chi connectivity index (χ1n) is 6.50. The fourth-order valence-electron chi connectivity index (χ4n) is 1.83. The summed E-state index contributed by atoms with van der Waals surface area (Å²) in [5, 5.41) is 3.69. The van der Waals surface area contributed by atoms with Crippen LogP contribution in [0.5, 0.6) is 0 Å². The molecule has 1 rings (SSSR count). The Balaban J connectivity index is 3.34. The van der Waals surface area contributed by atoms with Crippen LogP contribution in [0.3, 0.4) is 0 Å². The lowest BCUT2D eigenvalue weighted by molar-refractivity contribution is -0.207. The van der Waals surface area contributed by atoms with Gasteiger partial charge in [0.2, 0.25) is 5.91 Å². The molecule has 1 amide bonds. The average Bonchev–Trinajstić information content (AvgIpc) is 2.36. The molecule has 1 aromatic carbocycles. The monoisotopic (exact) mass is 318 g/mol. The first-order chi connectivity index (χ1) is 10.1. The quantitative estimate of drug-likeness (QED) is 0.646. The van der Waals surface area contributed by atoms with Gasteiger partial charge in [0.1, 0.15) is 0 Å². The topological polar surface area (TPSA) is 67.4 Å². The summed E-state index contributed by atoms with van der Waals surface area (Å²) in [5.74, 6) is -2.65. The second kappa shape index (κ2) is 6.67. The molecule has 0 spiro atoms. The van der Waals surface area contributed by atoms with Crippen molar-refractivity contribution in [2.75, 3.05) is 11.9 Å².